The molecular formula is C6H12N2O2. The summed E-state index contributed by atoms with van der Waals surface area (Å²) in [6, 6.07) is 0.233. The van der Waals surface area contributed by atoms with Crippen LogP contribution in [0, 0.1) is 0 Å². The Bertz CT molecular complexity index is 138. The van der Waals surface area contributed by atoms with Crippen LogP contribution in [0.2, 0.25) is 0 Å². The van der Waals surface area contributed by atoms with Gasteiger partial charge in [0.15, 0.2) is 0 Å². The maximum atomic E-state index is 10.2. The molecular weight excluding hydrogens is 132 g/mol. The van der Waals surface area contributed by atoms with E-state index in [0.717, 1.165) is 13.0 Å². The highest BCUT2D eigenvalue weighted by Gasteiger charge is 2.22. The average Bonchev–Trinajstić information content (AvgIpc) is 2.13. The summed E-state index contributed by atoms with van der Waals surface area (Å²) >= 11 is 0. The van der Waals surface area contributed by atoms with E-state index in [2.05, 4.69) is 5.32 Å². The van der Waals surface area contributed by atoms with Crippen LogP contribution in [0.3, 0.4) is 0 Å². The van der Waals surface area contributed by atoms with Crippen molar-refractivity contribution in [3.8, 4) is 0 Å². The third kappa shape index (κ3) is 1.97. The van der Waals surface area contributed by atoms with E-state index in [4.69, 9.17) is 10.8 Å². The average molecular weight is 144 g/mol. The van der Waals surface area contributed by atoms with Gasteiger partial charge in [0.05, 0.1) is 6.42 Å². The molecule has 1 saturated heterocycles. The molecule has 0 aromatic carbocycles. The van der Waals surface area contributed by atoms with E-state index in [-0.39, 0.29) is 18.5 Å². The summed E-state index contributed by atoms with van der Waals surface area (Å²) in [5.41, 5.74) is 5.55. The highest BCUT2D eigenvalue weighted by atomic mass is 16.4. The first-order valence-electron chi connectivity index (χ1n) is 3.39. The minimum atomic E-state index is -0.758. The van der Waals surface area contributed by atoms with Crippen LogP contribution in [0.4, 0.5) is 0 Å². The summed E-state index contributed by atoms with van der Waals surface area (Å²) in [7, 11) is 0. The topological polar surface area (TPSA) is 75.3 Å². The zero-order chi connectivity index (χ0) is 7.56. The van der Waals surface area contributed by atoms with Crippen molar-refractivity contribution in [1.82, 2.24) is 5.32 Å². The quantitative estimate of drug-likeness (QED) is 0.472. The minimum absolute atomic E-state index is 0.0903. The van der Waals surface area contributed by atoms with Crippen LogP contribution in [-0.4, -0.2) is 29.7 Å². The van der Waals surface area contributed by atoms with Crippen LogP contribution in [0.25, 0.3) is 0 Å². The molecule has 1 rings (SSSR count). The Balaban J connectivity index is 2.24. The highest BCUT2D eigenvalue weighted by Crippen LogP contribution is 2.07. The third-order valence-electron chi connectivity index (χ3n) is 1.68. The number of carbonyl (C=O) groups is 1. The second kappa shape index (κ2) is 2.98. The van der Waals surface area contributed by atoms with Gasteiger partial charge in [-0.15, -0.1) is 0 Å². The Kier molecular flexibility index (Phi) is 2.24. The summed E-state index contributed by atoms with van der Waals surface area (Å²) in [5.74, 6) is -0.758. The zero-order valence-corrected chi connectivity index (χ0v) is 5.71. The summed E-state index contributed by atoms with van der Waals surface area (Å²) in [6.07, 6.45) is 0.972. The summed E-state index contributed by atoms with van der Waals surface area (Å²) in [6.45, 7) is 0.748. The van der Waals surface area contributed by atoms with E-state index in [1.807, 2.05) is 0 Å². The number of aliphatic carboxylic acids is 1. The van der Waals surface area contributed by atoms with Gasteiger partial charge in [-0.3, -0.25) is 4.79 Å². The fourth-order valence-electron chi connectivity index (χ4n) is 1.22. The molecule has 1 aliphatic heterocycles. The lowest BCUT2D eigenvalue weighted by Gasteiger charge is -2.04. The monoisotopic (exact) mass is 144 g/mol. The van der Waals surface area contributed by atoms with Gasteiger partial charge in [0.1, 0.15) is 0 Å². The molecule has 0 amide bonds. The van der Waals surface area contributed by atoms with E-state index in [1.165, 1.54) is 0 Å². The molecule has 0 aromatic heterocycles. The van der Waals surface area contributed by atoms with E-state index < -0.39 is 5.97 Å². The molecule has 0 aromatic rings. The maximum Gasteiger partial charge on any atom is 0.304 e. The molecule has 0 spiro atoms. The van der Waals surface area contributed by atoms with Crippen molar-refractivity contribution in [2.24, 2.45) is 5.73 Å². The second-order valence-corrected chi connectivity index (χ2v) is 2.70. The van der Waals surface area contributed by atoms with Crippen molar-refractivity contribution in [3.05, 3.63) is 0 Å². The van der Waals surface area contributed by atoms with Crippen molar-refractivity contribution in [1.29, 1.82) is 0 Å². The highest BCUT2D eigenvalue weighted by molar-refractivity contribution is 5.67. The standard InChI is InChI=1S/C6H12N2O2/c7-4-1-5(8-3-4)2-6(9)10/h4-5,8H,1-3,7H2,(H,9,10). The Labute approximate surface area is 59.4 Å². The summed E-state index contributed by atoms with van der Waals surface area (Å²) in [4.78, 5) is 10.2. The van der Waals surface area contributed by atoms with Crippen molar-refractivity contribution in [2.45, 2.75) is 24.9 Å². The molecule has 0 bridgehead atoms. The number of hydrogen-bond donors (Lipinski definition) is 3. The smallest absolute Gasteiger partial charge is 0.304 e. The number of nitrogens with two attached hydrogens (primary N) is 1. The van der Waals surface area contributed by atoms with E-state index >= 15 is 0 Å². The Morgan fingerprint density at radius 3 is 2.90 bits per heavy atom. The Morgan fingerprint density at radius 1 is 1.80 bits per heavy atom. The van der Waals surface area contributed by atoms with Gasteiger partial charge < -0.3 is 16.2 Å². The van der Waals surface area contributed by atoms with Gasteiger partial charge in [-0.1, -0.05) is 0 Å². The van der Waals surface area contributed by atoms with Crippen molar-refractivity contribution in [3.63, 3.8) is 0 Å². The first-order chi connectivity index (χ1) is 4.68. The van der Waals surface area contributed by atoms with Gasteiger partial charge in [0.2, 0.25) is 0 Å². The molecule has 0 saturated carbocycles. The number of nitrogens with one attached hydrogen (secondary N) is 1. The Morgan fingerprint density at radius 2 is 2.50 bits per heavy atom. The van der Waals surface area contributed by atoms with Crippen LogP contribution in [0.1, 0.15) is 12.8 Å². The molecule has 1 aliphatic rings. The molecule has 2 atom stereocenters. The van der Waals surface area contributed by atoms with Gasteiger partial charge in [-0.05, 0) is 6.42 Å². The summed E-state index contributed by atoms with van der Waals surface area (Å²) in [5, 5.41) is 11.4. The van der Waals surface area contributed by atoms with Crippen molar-refractivity contribution >= 4 is 5.97 Å². The van der Waals surface area contributed by atoms with Gasteiger partial charge in [-0.25, -0.2) is 0 Å². The zero-order valence-electron chi connectivity index (χ0n) is 5.71. The number of carboxylic acid groups (broad SMARTS) is 1. The first kappa shape index (κ1) is 7.50. The SMILES string of the molecule is NC1CNC(CC(=O)O)C1. The fourth-order valence-corrected chi connectivity index (χ4v) is 1.22. The largest absolute Gasteiger partial charge is 0.481 e. The predicted octanol–water partition coefficient (Wildman–Crippen LogP) is -0.850. The van der Waals surface area contributed by atoms with Crippen LogP contribution in [-0.2, 0) is 4.79 Å². The van der Waals surface area contributed by atoms with Crippen LogP contribution in [0.5, 0.6) is 0 Å². The maximum absolute atomic E-state index is 10.2. The fraction of sp³-hybridized carbons (Fsp3) is 0.833. The van der Waals surface area contributed by atoms with Crippen LogP contribution >= 0.6 is 0 Å². The lowest BCUT2D eigenvalue weighted by Crippen LogP contribution is -2.24. The van der Waals surface area contributed by atoms with Gasteiger partial charge in [0.25, 0.3) is 0 Å². The summed E-state index contributed by atoms with van der Waals surface area (Å²) < 4.78 is 0. The molecule has 4 nitrogen and oxygen atoms in total. The minimum Gasteiger partial charge on any atom is -0.481 e. The van der Waals surface area contributed by atoms with Gasteiger partial charge >= 0.3 is 5.97 Å². The molecule has 58 valence electrons. The van der Waals surface area contributed by atoms with Gasteiger partial charge in [-0.2, -0.15) is 0 Å². The predicted molar refractivity (Wildman–Crippen MR) is 36.6 cm³/mol. The Hall–Kier alpha value is -0.610. The van der Waals surface area contributed by atoms with E-state index in [9.17, 15) is 4.79 Å². The second-order valence-electron chi connectivity index (χ2n) is 2.70. The normalized spacial score (nSPS) is 32.5. The lowest BCUT2D eigenvalue weighted by molar-refractivity contribution is -0.137. The number of carboxylic acids is 1. The van der Waals surface area contributed by atoms with Gasteiger partial charge in [0, 0.05) is 18.6 Å². The molecule has 1 heterocycles. The van der Waals surface area contributed by atoms with Crippen LogP contribution < -0.4 is 11.1 Å². The third-order valence-corrected chi connectivity index (χ3v) is 1.68. The van der Waals surface area contributed by atoms with E-state index in [1.54, 1.807) is 0 Å². The van der Waals surface area contributed by atoms with Crippen LogP contribution in [0.15, 0.2) is 0 Å². The molecule has 2 unspecified atom stereocenters. The van der Waals surface area contributed by atoms with Crippen molar-refractivity contribution in [2.75, 3.05) is 6.54 Å². The molecule has 0 aliphatic carbocycles. The molecule has 4 heteroatoms. The van der Waals surface area contributed by atoms with Crippen molar-refractivity contribution < 1.29 is 9.90 Å². The molecule has 10 heavy (non-hydrogen) atoms. The van der Waals surface area contributed by atoms with E-state index in [0.29, 0.717) is 0 Å². The lowest BCUT2D eigenvalue weighted by atomic mass is 10.1. The molecule has 4 N–H and O–H groups in total. The first-order valence-corrected chi connectivity index (χ1v) is 3.39. The number of hydrogen-bond acceptors (Lipinski definition) is 3. The number of rotatable bonds is 2. The molecule has 0 radical (unpaired) electrons. The molecule has 1 fully saturated rings.